The number of allylic oxidation sites excluding steroid dienone is 3. The Labute approximate surface area is 166 Å². The average molecular weight is 363 g/mol. The molecule has 0 heteroatoms. The predicted molar refractivity (Wildman–Crippen MR) is 122 cm³/mol. The molecule has 0 aliphatic carbocycles. The number of hydrogen-bond donors (Lipinski definition) is 0. The van der Waals surface area contributed by atoms with E-state index >= 15 is 0 Å². The maximum absolute atomic E-state index is 4.13. The summed E-state index contributed by atoms with van der Waals surface area (Å²) in [5, 5.41) is 0. The van der Waals surface area contributed by atoms with E-state index in [0.717, 1.165) is 11.8 Å². The molecule has 0 aliphatic heterocycles. The van der Waals surface area contributed by atoms with E-state index in [0.29, 0.717) is 5.92 Å². The molecule has 154 valence electrons. The Bertz CT molecular complexity index is 360. The van der Waals surface area contributed by atoms with Crippen molar-refractivity contribution in [3.05, 3.63) is 23.8 Å². The summed E-state index contributed by atoms with van der Waals surface area (Å²) in [6, 6.07) is 0. The molecule has 0 spiro atoms. The Morgan fingerprint density at radius 3 is 1.54 bits per heavy atom. The topological polar surface area (TPSA) is 0 Å². The third kappa shape index (κ3) is 14.6. The lowest BCUT2D eigenvalue weighted by Crippen LogP contribution is -2.02. The van der Waals surface area contributed by atoms with Crippen LogP contribution in [0, 0.1) is 17.8 Å². The van der Waals surface area contributed by atoms with Gasteiger partial charge < -0.3 is 0 Å². The first-order valence-corrected chi connectivity index (χ1v) is 11.7. The summed E-state index contributed by atoms with van der Waals surface area (Å²) in [5.41, 5.74) is 2.87. The zero-order valence-electron chi connectivity index (χ0n) is 19.2. The highest BCUT2D eigenvalue weighted by atomic mass is 14.1. The molecule has 2 unspecified atom stereocenters. The van der Waals surface area contributed by atoms with Crippen LogP contribution < -0.4 is 0 Å². The van der Waals surface area contributed by atoms with Gasteiger partial charge in [0.15, 0.2) is 0 Å². The maximum Gasteiger partial charge on any atom is -0.00287 e. The maximum atomic E-state index is 4.13. The van der Waals surface area contributed by atoms with E-state index in [1.165, 1.54) is 89.0 Å². The molecule has 0 saturated carbocycles. The summed E-state index contributed by atoms with van der Waals surface area (Å²) in [6.07, 6.45) is 20.8. The van der Waals surface area contributed by atoms with Gasteiger partial charge >= 0.3 is 0 Å². The molecule has 0 bridgehead atoms. The molecule has 0 aromatic heterocycles. The Morgan fingerprint density at radius 1 is 0.731 bits per heavy atom. The predicted octanol–water partition coefficient (Wildman–Crippen LogP) is 9.51. The van der Waals surface area contributed by atoms with Crippen molar-refractivity contribution >= 4 is 0 Å². The second-order valence-electron chi connectivity index (χ2n) is 9.18. The first-order valence-electron chi connectivity index (χ1n) is 11.7. The van der Waals surface area contributed by atoms with Gasteiger partial charge in [0.1, 0.15) is 0 Å². The highest BCUT2D eigenvalue weighted by Crippen LogP contribution is 2.23. The van der Waals surface area contributed by atoms with Crippen molar-refractivity contribution < 1.29 is 0 Å². The molecule has 26 heavy (non-hydrogen) atoms. The normalized spacial score (nSPS) is 14.7. The standard InChI is InChI=1S/C26H50/c1-8-26(23(4)5)21-25(7)24(6)20-18-16-14-12-10-9-11-13-15-17-19-22(2)3/h21-22,24,26H,4,8-20H2,1-3,5-7H3. The van der Waals surface area contributed by atoms with Crippen molar-refractivity contribution in [1.29, 1.82) is 0 Å². The molecule has 0 fully saturated rings. The van der Waals surface area contributed by atoms with Crippen LogP contribution in [0.3, 0.4) is 0 Å². The molecular formula is C26H50. The van der Waals surface area contributed by atoms with Crippen LogP contribution in [0.2, 0.25) is 0 Å². The largest absolute Gasteiger partial charge is 0.0995 e. The lowest BCUT2D eigenvalue weighted by molar-refractivity contribution is 0.497. The van der Waals surface area contributed by atoms with E-state index in [4.69, 9.17) is 0 Å². The molecule has 0 rings (SSSR count). The fourth-order valence-corrected chi connectivity index (χ4v) is 3.74. The molecular weight excluding hydrogens is 312 g/mol. The van der Waals surface area contributed by atoms with E-state index in [1.54, 1.807) is 5.57 Å². The Kier molecular flexibility index (Phi) is 16.3. The molecule has 0 heterocycles. The zero-order chi connectivity index (χ0) is 19.8. The van der Waals surface area contributed by atoms with Crippen LogP contribution in [0.4, 0.5) is 0 Å². The zero-order valence-corrected chi connectivity index (χ0v) is 19.2. The van der Waals surface area contributed by atoms with Gasteiger partial charge in [-0.05, 0) is 44.4 Å². The number of unbranched alkanes of at least 4 members (excludes halogenated alkanes) is 9. The van der Waals surface area contributed by atoms with Crippen LogP contribution >= 0.6 is 0 Å². The first-order chi connectivity index (χ1) is 12.4. The van der Waals surface area contributed by atoms with Gasteiger partial charge in [-0.2, -0.15) is 0 Å². The monoisotopic (exact) mass is 362 g/mol. The van der Waals surface area contributed by atoms with Gasteiger partial charge in [0.2, 0.25) is 0 Å². The van der Waals surface area contributed by atoms with E-state index < -0.39 is 0 Å². The molecule has 0 aromatic rings. The summed E-state index contributed by atoms with van der Waals surface area (Å²) in [4.78, 5) is 0. The third-order valence-electron chi connectivity index (χ3n) is 5.98. The fraction of sp³-hybridized carbons (Fsp3) is 0.846. The van der Waals surface area contributed by atoms with Gasteiger partial charge in [-0.3, -0.25) is 0 Å². The molecule has 0 aromatic carbocycles. The van der Waals surface area contributed by atoms with Crippen LogP contribution in [0.15, 0.2) is 23.8 Å². The lowest BCUT2D eigenvalue weighted by atomic mass is 9.89. The highest BCUT2D eigenvalue weighted by molar-refractivity contribution is 5.13. The summed E-state index contributed by atoms with van der Waals surface area (Å²) in [5.74, 6) is 2.19. The SMILES string of the molecule is C=C(C)C(C=C(C)C(C)CCCCCCCCCCCCC(C)C)CC. The molecule has 0 aliphatic rings. The molecule has 0 amide bonds. The van der Waals surface area contributed by atoms with Gasteiger partial charge in [-0.15, -0.1) is 0 Å². The van der Waals surface area contributed by atoms with Gasteiger partial charge in [0.25, 0.3) is 0 Å². The smallest absolute Gasteiger partial charge is 0.00287 e. The average Bonchev–Trinajstić information content (AvgIpc) is 2.59. The second kappa shape index (κ2) is 16.6. The van der Waals surface area contributed by atoms with Crippen molar-refractivity contribution in [1.82, 2.24) is 0 Å². The molecule has 2 atom stereocenters. The van der Waals surface area contributed by atoms with Gasteiger partial charge in [-0.25, -0.2) is 0 Å². The van der Waals surface area contributed by atoms with Gasteiger partial charge in [-0.1, -0.05) is 122 Å². The minimum absolute atomic E-state index is 0.572. The van der Waals surface area contributed by atoms with Crippen molar-refractivity contribution in [3.63, 3.8) is 0 Å². The molecule has 0 nitrogen and oxygen atoms in total. The Balaban J connectivity index is 3.57. The van der Waals surface area contributed by atoms with E-state index in [1.807, 2.05) is 0 Å². The van der Waals surface area contributed by atoms with Gasteiger partial charge in [0.05, 0.1) is 0 Å². The van der Waals surface area contributed by atoms with Crippen LogP contribution in [-0.4, -0.2) is 0 Å². The van der Waals surface area contributed by atoms with E-state index in [2.05, 4.69) is 54.2 Å². The molecule has 0 saturated heterocycles. The van der Waals surface area contributed by atoms with Crippen LogP contribution in [0.1, 0.15) is 125 Å². The number of rotatable bonds is 17. The lowest BCUT2D eigenvalue weighted by Gasteiger charge is -2.16. The minimum Gasteiger partial charge on any atom is -0.0995 e. The van der Waals surface area contributed by atoms with Crippen LogP contribution in [0.5, 0.6) is 0 Å². The van der Waals surface area contributed by atoms with Crippen LogP contribution in [0.25, 0.3) is 0 Å². The van der Waals surface area contributed by atoms with Crippen molar-refractivity contribution in [2.45, 2.75) is 125 Å². The fourth-order valence-electron chi connectivity index (χ4n) is 3.74. The van der Waals surface area contributed by atoms with Crippen molar-refractivity contribution in [3.8, 4) is 0 Å². The summed E-state index contributed by atoms with van der Waals surface area (Å²) < 4.78 is 0. The van der Waals surface area contributed by atoms with Crippen molar-refractivity contribution in [2.24, 2.45) is 17.8 Å². The summed E-state index contributed by atoms with van der Waals surface area (Å²) in [7, 11) is 0. The Hall–Kier alpha value is -0.520. The highest BCUT2D eigenvalue weighted by Gasteiger charge is 2.08. The minimum atomic E-state index is 0.572. The van der Waals surface area contributed by atoms with Gasteiger partial charge in [0, 0.05) is 0 Å². The van der Waals surface area contributed by atoms with E-state index in [-0.39, 0.29) is 0 Å². The third-order valence-corrected chi connectivity index (χ3v) is 5.98. The van der Waals surface area contributed by atoms with Crippen molar-refractivity contribution in [2.75, 3.05) is 0 Å². The van der Waals surface area contributed by atoms with E-state index in [9.17, 15) is 0 Å². The molecule has 0 radical (unpaired) electrons. The second-order valence-corrected chi connectivity index (χ2v) is 9.18. The summed E-state index contributed by atoms with van der Waals surface area (Å²) in [6.45, 7) is 17.9. The Morgan fingerprint density at radius 2 is 1.15 bits per heavy atom. The molecule has 0 N–H and O–H groups in total. The van der Waals surface area contributed by atoms with Crippen LogP contribution in [-0.2, 0) is 0 Å². The number of hydrogen-bond acceptors (Lipinski definition) is 0. The first kappa shape index (κ1) is 25.5. The quantitative estimate of drug-likeness (QED) is 0.178. The summed E-state index contributed by atoms with van der Waals surface area (Å²) >= 11 is 0.